The standard InChI is InChI=1S/C7H3N/c8-6-7-4-2-1-3-5-7/h1,4-5H. The first-order valence-corrected chi connectivity index (χ1v) is 2.21. The van der Waals surface area contributed by atoms with Gasteiger partial charge in [-0.15, -0.1) is 0 Å². The van der Waals surface area contributed by atoms with E-state index >= 15 is 0 Å². The van der Waals surface area contributed by atoms with E-state index in [4.69, 9.17) is 5.26 Å². The highest BCUT2D eigenvalue weighted by Crippen LogP contribution is 1.91. The minimum absolute atomic E-state index is 0.604. The monoisotopic (exact) mass is 101 g/mol. The summed E-state index contributed by atoms with van der Waals surface area (Å²) in [4.78, 5) is 0. The molecule has 0 N–H and O–H groups in total. The predicted molar refractivity (Wildman–Crippen MR) is 28.8 cm³/mol. The Balaban J connectivity index is 3.05. The Morgan fingerprint density at radius 2 is 2.00 bits per heavy atom. The molecule has 0 bridgehead atoms. The number of rotatable bonds is 0. The van der Waals surface area contributed by atoms with Crippen LogP contribution in [0.25, 0.3) is 0 Å². The topological polar surface area (TPSA) is 23.8 Å². The Hall–Kier alpha value is -1.29. The second-order valence-corrected chi connectivity index (χ2v) is 1.33. The van der Waals surface area contributed by atoms with Crippen LogP contribution >= 0.6 is 0 Å². The van der Waals surface area contributed by atoms with Gasteiger partial charge in [0.15, 0.2) is 0 Å². The first-order valence-electron chi connectivity index (χ1n) is 2.21. The molecule has 0 saturated carbocycles. The second-order valence-electron chi connectivity index (χ2n) is 1.33. The highest BCUT2D eigenvalue weighted by molar-refractivity contribution is 5.26. The summed E-state index contributed by atoms with van der Waals surface area (Å²) in [7, 11) is 0. The summed E-state index contributed by atoms with van der Waals surface area (Å²) < 4.78 is 0. The lowest BCUT2D eigenvalue weighted by Gasteiger charge is -1.78. The maximum Gasteiger partial charge on any atom is 0.0992 e. The van der Waals surface area contributed by atoms with E-state index in [1.165, 1.54) is 0 Å². The summed E-state index contributed by atoms with van der Waals surface area (Å²) >= 11 is 0. The minimum Gasteiger partial charge on any atom is -0.192 e. The normalized spacial score (nSPS) is 7.88. The second kappa shape index (κ2) is 2.13. The zero-order valence-corrected chi connectivity index (χ0v) is 4.18. The first-order chi connectivity index (χ1) is 3.93. The summed E-state index contributed by atoms with van der Waals surface area (Å²) in [6.45, 7) is 0. The fourth-order valence-corrected chi connectivity index (χ4v) is 0.417. The van der Waals surface area contributed by atoms with Gasteiger partial charge in [-0.2, -0.15) is 5.26 Å². The Morgan fingerprint density at radius 3 is 2.38 bits per heavy atom. The number of hydrogen-bond donors (Lipinski definition) is 0. The van der Waals surface area contributed by atoms with E-state index in [9.17, 15) is 0 Å². The molecule has 0 spiro atoms. The Kier molecular flexibility index (Phi) is 1.29. The van der Waals surface area contributed by atoms with Gasteiger partial charge in [-0.25, -0.2) is 0 Å². The minimum atomic E-state index is 0.604. The van der Waals surface area contributed by atoms with Crippen molar-refractivity contribution in [3.63, 3.8) is 0 Å². The molecule has 1 nitrogen and oxygen atoms in total. The predicted octanol–water partition coefficient (Wildman–Crippen LogP) is 1.16. The van der Waals surface area contributed by atoms with E-state index in [1.54, 1.807) is 18.2 Å². The molecule has 0 amide bonds. The fourth-order valence-electron chi connectivity index (χ4n) is 0.417. The van der Waals surface area contributed by atoms with E-state index in [1.807, 2.05) is 6.07 Å². The van der Waals surface area contributed by atoms with Crippen molar-refractivity contribution in [1.82, 2.24) is 0 Å². The van der Waals surface area contributed by atoms with Crippen molar-refractivity contribution in [2.24, 2.45) is 0 Å². The van der Waals surface area contributed by atoms with Crippen LogP contribution in [0.4, 0.5) is 0 Å². The van der Waals surface area contributed by atoms with Crippen molar-refractivity contribution in [2.75, 3.05) is 0 Å². The van der Waals surface area contributed by atoms with Crippen molar-refractivity contribution in [2.45, 2.75) is 0 Å². The van der Waals surface area contributed by atoms with E-state index in [0.717, 1.165) is 0 Å². The molecular weight excluding hydrogens is 98.1 g/mol. The summed E-state index contributed by atoms with van der Waals surface area (Å²) in [5.74, 6) is 0. The van der Waals surface area contributed by atoms with Crippen LogP contribution in [0.5, 0.6) is 0 Å². The lowest BCUT2D eigenvalue weighted by molar-refractivity contribution is 1.48. The Labute approximate surface area is 48.2 Å². The molecule has 0 saturated heterocycles. The van der Waals surface area contributed by atoms with Crippen molar-refractivity contribution in [1.29, 1.82) is 5.26 Å². The van der Waals surface area contributed by atoms with Crippen molar-refractivity contribution < 1.29 is 0 Å². The molecule has 36 valence electrons. The van der Waals surface area contributed by atoms with Crippen LogP contribution < -0.4 is 0 Å². The number of nitrogens with zero attached hydrogens (tertiary/aromatic N) is 1. The van der Waals surface area contributed by atoms with E-state index < -0.39 is 0 Å². The van der Waals surface area contributed by atoms with Crippen LogP contribution in [0.1, 0.15) is 5.56 Å². The highest BCUT2D eigenvalue weighted by Gasteiger charge is 1.80. The lowest BCUT2D eigenvalue weighted by atomic mass is 10.2. The maximum atomic E-state index is 8.25. The highest BCUT2D eigenvalue weighted by atomic mass is 14.2. The van der Waals surface area contributed by atoms with Crippen LogP contribution in [0.2, 0.25) is 0 Å². The van der Waals surface area contributed by atoms with Gasteiger partial charge >= 0.3 is 0 Å². The molecule has 8 heavy (non-hydrogen) atoms. The zero-order valence-electron chi connectivity index (χ0n) is 4.18. The van der Waals surface area contributed by atoms with Gasteiger partial charge in [0.25, 0.3) is 0 Å². The summed E-state index contributed by atoms with van der Waals surface area (Å²) in [5, 5.41) is 8.25. The summed E-state index contributed by atoms with van der Waals surface area (Å²) in [6.07, 6.45) is 0. The van der Waals surface area contributed by atoms with Gasteiger partial charge in [-0.05, 0) is 30.3 Å². The van der Waals surface area contributed by atoms with E-state index in [0.29, 0.717) is 5.56 Å². The summed E-state index contributed by atoms with van der Waals surface area (Å²) in [6, 6.07) is 12.3. The zero-order chi connectivity index (χ0) is 5.82. The molecule has 0 aliphatic carbocycles. The average Bonchev–Trinajstić information content (AvgIpc) is 1.90. The van der Waals surface area contributed by atoms with Crippen molar-refractivity contribution in [3.8, 4) is 6.07 Å². The molecular formula is C7H3N. The fraction of sp³-hybridized carbons (Fsp3) is 0. The molecule has 1 rings (SSSR count). The van der Waals surface area contributed by atoms with Crippen LogP contribution in [0, 0.1) is 23.5 Å². The SMILES string of the molecule is N#Cc1c[c]c[c]c1. The summed E-state index contributed by atoms with van der Waals surface area (Å²) in [5.41, 5.74) is 0.604. The molecule has 0 aromatic heterocycles. The van der Waals surface area contributed by atoms with Gasteiger partial charge in [-0.3, -0.25) is 0 Å². The molecule has 1 aromatic rings. The Morgan fingerprint density at radius 1 is 1.38 bits per heavy atom. The van der Waals surface area contributed by atoms with Gasteiger partial charge < -0.3 is 0 Å². The molecule has 0 unspecified atom stereocenters. The average molecular weight is 101 g/mol. The largest absolute Gasteiger partial charge is 0.192 e. The molecule has 2 radical (unpaired) electrons. The van der Waals surface area contributed by atoms with Gasteiger partial charge in [0.05, 0.1) is 11.6 Å². The number of hydrogen-bond acceptors (Lipinski definition) is 1. The van der Waals surface area contributed by atoms with Gasteiger partial charge in [0.1, 0.15) is 0 Å². The molecule has 0 fully saturated rings. The third-order valence-electron chi connectivity index (χ3n) is 0.773. The van der Waals surface area contributed by atoms with Gasteiger partial charge in [-0.1, -0.05) is 0 Å². The van der Waals surface area contributed by atoms with E-state index in [2.05, 4.69) is 12.1 Å². The molecule has 0 heterocycles. The quantitative estimate of drug-likeness (QED) is 0.481. The number of nitriles is 1. The molecule has 0 aliphatic heterocycles. The van der Waals surface area contributed by atoms with Gasteiger partial charge in [0, 0.05) is 0 Å². The van der Waals surface area contributed by atoms with Crippen molar-refractivity contribution in [3.05, 3.63) is 35.9 Å². The van der Waals surface area contributed by atoms with Crippen LogP contribution in [0.15, 0.2) is 18.2 Å². The number of benzene rings is 1. The third kappa shape index (κ3) is 0.855. The van der Waals surface area contributed by atoms with Crippen molar-refractivity contribution >= 4 is 0 Å². The van der Waals surface area contributed by atoms with Gasteiger partial charge in [0.2, 0.25) is 0 Å². The van der Waals surface area contributed by atoms with Crippen LogP contribution in [0.3, 0.4) is 0 Å². The smallest absolute Gasteiger partial charge is 0.0992 e. The Bertz CT molecular complexity index is 195. The first kappa shape index (κ1) is 4.86. The van der Waals surface area contributed by atoms with Crippen LogP contribution in [-0.4, -0.2) is 0 Å². The van der Waals surface area contributed by atoms with Crippen LogP contribution in [-0.2, 0) is 0 Å². The lowest BCUT2D eigenvalue weighted by Crippen LogP contribution is -1.67. The molecule has 0 atom stereocenters. The molecule has 1 heteroatoms. The van der Waals surface area contributed by atoms with E-state index in [-0.39, 0.29) is 0 Å². The molecule has 1 aromatic carbocycles. The third-order valence-corrected chi connectivity index (χ3v) is 0.773. The molecule has 0 aliphatic rings. The maximum absolute atomic E-state index is 8.25.